The smallest absolute Gasteiger partial charge is 0.371 e. The van der Waals surface area contributed by atoms with Gasteiger partial charge >= 0.3 is 13.8 Å². The molecule has 0 aliphatic heterocycles. The van der Waals surface area contributed by atoms with Gasteiger partial charge in [0.25, 0.3) is 0 Å². The van der Waals surface area contributed by atoms with Crippen LogP contribution in [0.3, 0.4) is 0 Å². The molecule has 0 aliphatic carbocycles. The Kier molecular flexibility index (Phi) is 3.02. The molecule has 2 N–H and O–H groups in total. The molecule has 60 valence electrons. The van der Waals surface area contributed by atoms with E-state index in [0.717, 1.165) is 0 Å². The second-order valence-corrected chi connectivity index (χ2v) is 3.22. The lowest BCUT2D eigenvalue weighted by Crippen LogP contribution is -2.09. The van der Waals surface area contributed by atoms with Gasteiger partial charge in [0, 0.05) is 0 Å². The fourth-order valence-corrected chi connectivity index (χ4v) is 0.668. The SMILES string of the molecule is CC(C)C(=O)OP(=O)(O)O. The van der Waals surface area contributed by atoms with Gasteiger partial charge in [-0.25, -0.2) is 4.57 Å². The average Bonchev–Trinajstić information content (AvgIpc) is 1.60. The van der Waals surface area contributed by atoms with E-state index in [1.54, 1.807) is 0 Å². The Morgan fingerprint density at radius 2 is 1.90 bits per heavy atom. The van der Waals surface area contributed by atoms with Crippen LogP contribution in [0.25, 0.3) is 0 Å². The van der Waals surface area contributed by atoms with Gasteiger partial charge in [-0.2, -0.15) is 0 Å². The minimum Gasteiger partial charge on any atom is -0.371 e. The maximum absolute atomic E-state index is 10.4. The molecule has 0 bridgehead atoms. The predicted octanol–water partition coefficient (Wildman–Crippen LogP) is 0.278. The zero-order chi connectivity index (χ0) is 8.36. The normalized spacial score (nSPS) is 11.7. The Hall–Kier alpha value is -0.380. The van der Waals surface area contributed by atoms with E-state index in [1.165, 1.54) is 13.8 Å². The molecule has 0 atom stereocenters. The molecule has 6 heteroatoms. The number of phosphoric ester groups is 1. The summed E-state index contributed by atoms with van der Waals surface area (Å²) in [5.74, 6) is -1.42. The van der Waals surface area contributed by atoms with Crippen LogP contribution in [0.2, 0.25) is 0 Å². The molecular weight excluding hydrogens is 159 g/mol. The molecular formula is C4H9O5P. The van der Waals surface area contributed by atoms with Crippen molar-refractivity contribution in [3.8, 4) is 0 Å². The average molecular weight is 168 g/mol. The van der Waals surface area contributed by atoms with E-state index in [4.69, 9.17) is 9.79 Å². The minimum atomic E-state index is -4.63. The van der Waals surface area contributed by atoms with E-state index in [1.807, 2.05) is 0 Å². The number of phosphoric acid groups is 1. The molecule has 10 heavy (non-hydrogen) atoms. The Morgan fingerprint density at radius 1 is 1.50 bits per heavy atom. The molecule has 0 aromatic rings. The van der Waals surface area contributed by atoms with Crippen molar-refractivity contribution in [3.63, 3.8) is 0 Å². The van der Waals surface area contributed by atoms with Crippen molar-refractivity contribution in [2.45, 2.75) is 13.8 Å². The first kappa shape index (κ1) is 9.62. The minimum absolute atomic E-state index is 0.521. The highest BCUT2D eigenvalue weighted by Gasteiger charge is 2.21. The number of hydrogen-bond donors (Lipinski definition) is 2. The summed E-state index contributed by atoms with van der Waals surface area (Å²) in [6, 6.07) is 0. The molecule has 0 aliphatic rings. The zero-order valence-corrected chi connectivity index (χ0v) is 6.54. The summed E-state index contributed by atoms with van der Waals surface area (Å²) >= 11 is 0. The Balaban J connectivity index is 3.94. The molecule has 0 rings (SSSR count). The topological polar surface area (TPSA) is 83.8 Å². The predicted molar refractivity (Wildman–Crippen MR) is 33.0 cm³/mol. The van der Waals surface area contributed by atoms with Gasteiger partial charge in [0.1, 0.15) is 0 Å². The summed E-state index contributed by atoms with van der Waals surface area (Å²) in [4.78, 5) is 26.7. The molecule has 0 heterocycles. The van der Waals surface area contributed by atoms with Gasteiger partial charge in [0.15, 0.2) is 0 Å². The summed E-state index contributed by atoms with van der Waals surface area (Å²) in [6.45, 7) is 2.97. The van der Waals surface area contributed by atoms with E-state index in [9.17, 15) is 9.36 Å². The van der Waals surface area contributed by atoms with Crippen LogP contribution in [-0.4, -0.2) is 15.8 Å². The van der Waals surface area contributed by atoms with Crippen molar-refractivity contribution >= 4 is 13.8 Å². The highest BCUT2D eigenvalue weighted by Crippen LogP contribution is 2.36. The lowest BCUT2D eigenvalue weighted by atomic mass is 10.2. The second-order valence-electron chi connectivity index (χ2n) is 2.06. The van der Waals surface area contributed by atoms with Gasteiger partial charge in [-0.1, -0.05) is 13.8 Å². The van der Waals surface area contributed by atoms with Crippen LogP contribution >= 0.6 is 7.82 Å². The van der Waals surface area contributed by atoms with Crippen molar-refractivity contribution < 1.29 is 23.7 Å². The first-order chi connectivity index (χ1) is 4.33. The molecule has 0 unspecified atom stereocenters. The Morgan fingerprint density at radius 3 is 2.00 bits per heavy atom. The van der Waals surface area contributed by atoms with E-state index >= 15 is 0 Å². The van der Waals surface area contributed by atoms with E-state index in [2.05, 4.69) is 4.52 Å². The Labute approximate surface area is 58.2 Å². The third-order valence-corrected chi connectivity index (χ3v) is 1.10. The lowest BCUT2D eigenvalue weighted by molar-refractivity contribution is -0.139. The largest absolute Gasteiger partial charge is 0.526 e. The number of carbonyl (C=O) groups excluding carboxylic acids is 1. The van der Waals surface area contributed by atoms with Crippen LogP contribution in [0.5, 0.6) is 0 Å². The third-order valence-electron chi connectivity index (χ3n) is 0.680. The maximum Gasteiger partial charge on any atom is 0.526 e. The van der Waals surface area contributed by atoms with Crippen LogP contribution in [0, 0.1) is 5.92 Å². The van der Waals surface area contributed by atoms with Gasteiger partial charge in [-0.3, -0.25) is 14.6 Å². The quantitative estimate of drug-likeness (QED) is 0.578. The van der Waals surface area contributed by atoms with Gasteiger partial charge in [-0.15, -0.1) is 0 Å². The van der Waals surface area contributed by atoms with Crippen LogP contribution in [0.1, 0.15) is 13.8 Å². The van der Waals surface area contributed by atoms with Gasteiger partial charge < -0.3 is 4.52 Å². The standard InChI is InChI=1S/C4H9O5P/c1-3(2)4(5)9-10(6,7)8/h3H,1-2H3,(H2,6,7,8). The first-order valence-electron chi connectivity index (χ1n) is 2.62. The van der Waals surface area contributed by atoms with Crippen molar-refractivity contribution in [2.75, 3.05) is 0 Å². The molecule has 0 amide bonds. The summed E-state index contributed by atoms with van der Waals surface area (Å²) < 4.78 is 13.7. The van der Waals surface area contributed by atoms with Gasteiger partial charge in [0.05, 0.1) is 5.92 Å². The van der Waals surface area contributed by atoms with Crippen LogP contribution in [0.15, 0.2) is 0 Å². The van der Waals surface area contributed by atoms with Gasteiger partial charge in [0.2, 0.25) is 0 Å². The fraction of sp³-hybridized carbons (Fsp3) is 0.750. The molecule has 0 aromatic carbocycles. The van der Waals surface area contributed by atoms with E-state index in [0.29, 0.717) is 0 Å². The van der Waals surface area contributed by atoms with E-state index < -0.39 is 19.7 Å². The molecule has 0 saturated carbocycles. The van der Waals surface area contributed by atoms with Crippen molar-refractivity contribution in [1.82, 2.24) is 0 Å². The van der Waals surface area contributed by atoms with Gasteiger partial charge in [-0.05, 0) is 0 Å². The highest BCUT2D eigenvalue weighted by atomic mass is 31.2. The summed E-state index contributed by atoms with van der Waals surface area (Å²) in [7, 11) is -4.63. The molecule has 0 fully saturated rings. The number of carbonyl (C=O) groups is 1. The van der Waals surface area contributed by atoms with Crippen LogP contribution < -0.4 is 0 Å². The monoisotopic (exact) mass is 168 g/mol. The summed E-state index contributed by atoms with van der Waals surface area (Å²) in [5.41, 5.74) is 0. The van der Waals surface area contributed by atoms with Crippen molar-refractivity contribution in [2.24, 2.45) is 5.92 Å². The van der Waals surface area contributed by atoms with Crippen LogP contribution in [0.4, 0.5) is 0 Å². The van der Waals surface area contributed by atoms with Crippen molar-refractivity contribution in [3.05, 3.63) is 0 Å². The molecule has 5 nitrogen and oxygen atoms in total. The van der Waals surface area contributed by atoms with E-state index in [-0.39, 0.29) is 0 Å². The van der Waals surface area contributed by atoms with Crippen molar-refractivity contribution in [1.29, 1.82) is 0 Å². The third kappa shape index (κ3) is 4.49. The number of hydrogen-bond acceptors (Lipinski definition) is 3. The maximum atomic E-state index is 10.4. The molecule has 0 saturated heterocycles. The summed E-state index contributed by atoms with van der Waals surface area (Å²) in [5, 5.41) is 0. The molecule has 0 radical (unpaired) electrons. The Bertz CT molecular complexity index is 168. The lowest BCUT2D eigenvalue weighted by Gasteiger charge is -2.06. The first-order valence-corrected chi connectivity index (χ1v) is 4.15. The molecule has 0 spiro atoms. The zero-order valence-electron chi connectivity index (χ0n) is 5.64. The second kappa shape index (κ2) is 3.14. The molecule has 0 aromatic heterocycles. The fourth-order valence-electron chi connectivity index (χ4n) is 0.223. The number of rotatable bonds is 2. The van der Waals surface area contributed by atoms with Crippen LogP contribution in [-0.2, 0) is 13.9 Å². The summed E-state index contributed by atoms with van der Waals surface area (Å²) in [6.07, 6.45) is 0. The highest BCUT2D eigenvalue weighted by molar-refractivity contribution is 7.46.